The average Bonchev–Trinajstić information content (AvgIpc) is 3.23. The first kappa shape index (κ1) is 16.5. The largest absolute Gasteiger partial charge is 0.464 e. The first-order valence-electron chi connectivity index (χ1n) is 8.19. The van der Waals surface area contributed by atoms with Gasteiger partial charge in [0.05, 0.1) is 19.2 Å². The van der Waals surface area contributed by atoms with Crippen molar-refractivity contribution in [1.82, 2.24) is 25.0 Å². The molecule has 1 N–H and O–H groups in total. The van der Waals surface area contributed by atoms with Crippen molar-refractivity contribution in [3.8, 4) is 0 Å². The van der Waals surface area contributed by atoms with Gasteiger partial charge in [-0.2, -0.15) is 0 Å². The lowest BCUT2D eigenvalue weighted by molar-refractivity contribution is -0.0221. The van der Waals surface area contributed by atoms with Crippen LogP contribution in [0, 0.1) is 6.92 Å². The van der Waals surface area contributed by atoms with Gasteiger partial charge in [0.15, 0.2) is 5.82 Å². The predicted molar refractivity (Wildman–Crippen MR) is 86.4 cm³/mol. The third-order valence-corrected chi connectivity index (χ3v) is 4.16. The molecule has 2 atom stereocenters. The monoisotopic (exact) mass is 333 g/mol. The van der Waals surface area contributed by atoms with E-state index in [1.807, 2.05) is 37.5 Å². The van der Waals surface area contributed by atoms with Crippen molar-refractivity contribution in [2.45, 2.75) is 39.5 Å². The molecular formula is C16H23N5O3. The molecule has 0 unspecified atom stereocenters. The van der Waals surface area contributed by atoms with Crippen LogP contribution in [0.5, 0.6) is 0 Å². The summed E-state index contributed by atoms with van der Waals surface area (Å²) >= 11 is 0. The van der Waals surface area contributed by atoms with E-state index in [-0.39, 0.29) is 18.2 Å². The zero-order valence-electron chi connectivity index (χ0n) is 14.2. The van der Waals surface area contributed by atoms with E-state index in [0.717, 1.165) is 23.9 Å². The Kier molecular flexibility index (Phi) is 4.84. The van der Waals surface area contributed by atoms with Crippen LogP contribution in [0.3, 0.4) is 0 Å². The average molecular weight is 333 g/mol. The zero-order chi connectivity index (χ0) is 17.1. The van der Waals surface area contributed by atoms with Gasteiger partial charge in [0.25, 0.3) is 0 Å². The molecule has 8 nitrogen and oxygen atoms in total. The van der Waals surface area contributed by atoms with Crippen LogP contribution in [-0.4, -0.2) is 45.4 Å². The Bertz CT molecular complexity index is 695. The maximum atomic E-state index is 12.5. The van der Waals surface area contributed by atoms with Crippen LogP contribution in [-0.2, 0) is 11.3 Å². The number of aromatic nitrogens is 3. The number of morpholine rings is 1. The number of ether oxygens (including phenoxy) is 1. The van der Waals surface area contributed by atoms with Crippen LogP contribution in [0.4, 0.5) is 4.79 Å². The minimum absolute atomic E-state index is 0.132. The van der Waals surface area contributed by atoms with Crippen molar-refractivity contribution in [3.63, 3.8) is 0 Å². The van der Waals surface area contributed by atoms with Gasteiger partial charge in [0.1, 0.15) is 24.0 Å². The lowest BCUT2D eigenvalue weighted by Crippen LogP contribution is -2.48. The SMILES string of the molecule is CCn1cnnc1[C@H]1CN(C(=O)N[C@H](C)c2ccc(C)o2)CCO1. The number of nitrogens with one attached hydrogen (secondary N) is 1. The fourth-order valence-electron chi connectivity index (χ4n) is 2.78. The van der Waals surface area contributed by atoms with Crippen molar-refractivity contribution < 1.29 is 13.9 Å². The Morgan fingerprint density at radius 2 is 2.33 bits per heavy atom. The van der Waals surface area contributed by atoms with Gasteiger partial charge in [-0.25, -0.2) is 4.79 Å². The molecule has 2 aromatic heterocycles. The topological polar surface area (TPSA) is 85.4 Å². The lowest BCUT2D eigenvalue weighted by atomic mass is 10.2. The molecule has 1 aliphatic rings. The molecule has 2 aromatic rings. The van der Waals surface area contributed by atoms with E-state index in [2.05, 4.69) is 15.5 Å². The number of urea groups is 1. The van der Waals surface area contributed by atoms with Gasteiger partial charge in [-0.15, -0.1) is 10.2 Å². The molecule has 8 heteroatoms. The molecule has 1 aliphatic heterocycles. The first-order chi connectivity index (χ1) is 11.6. The summed E-state index contributed by atoms with van der Waals surface area (Å²) in [6, 6.07) is 3.45. The van der Waals surface area contributed by atoms with Gasteiger partial charge in [-0.1, -0.05) is 0 Å². The minimum Gasteiger partial charge on any atom is -0.464 e. The fourth-order valence-corrected chi connectivity index (χ4v) is 2.78. The second-order valence-corrected chi connectivity index (χ2v) is 5.90. The molecule has 1 fully saturated rings. The molecule has 0 aliphatic carbocycles. The standard InChI is InChI=1S/C16H23N5O3/c1-4-20-10-17-19-15(20)14-9-21(7-8-23-14)16(22)18-12(3)13-6-5-11(2)24-13/h5-6,10,12,14H,4,7-9H2,1-3H3,(H,18,22)/t12-,14-/m1/s1. The van der Waals surface area contributed by atoms with Crippen molar-refractivity contribution in [1.29, 1.82) is 0 Å². The number of hydrogen-bond acceptors (Lipinski definition) is 5. The second-order valence-electron chi connectivity index (χ2n) is 5.90. The number of amides is 2. The van der Waals surface area contributed by atoms with E-state index in [1.54, 1.807) is 11.2 Å². The molecular weight excluding hydrogens is 310 g/mol. The Morgan fingerprint density at radius 1 is 1.50 bits per heavy atom. The summed E-state index contributed by atoms with van der Waals surface area (Å²) in [5.74, 6) is 2.33. The van der Waals surface area contributed by atoms with Crippen LogP contribution < -0.4 is 5.32 Å². The Morgan fingerprint density at radius 3 is 3.04 bits per heavy atom. The summed E-state index contributed by atoms with van der Waals surface area (Å²) in [7, 11) is 0. The molecule has 24 heavy (non-hydrogen) atoms. The number of nitrogens with zero attached hydrogens (tertiary/aromatic N) is 4. The summed E-state index contributed by atoms with van der Waals surface area (Å²) in [4.78, 5) is 14.3. The van der Waals surface area contributed by atoms with Gasteiger partial charge < -0.3 is 23.9 Å². The normalized spacial score (nSPS) is 19.3. The van der Waals surface area contributed by atoms with Crippen molar-refractivity contribution in [2.24, 2.45) is 0 Å². The third kappa shape index (κ3) is 3.43. The van der Waals surface area contributed by atoms with E-state index in [9.17, 15) is 4.79 Å². The van der Waals surface area contributed by atoms with Gasteiger partial charge in [-0.3, -0.25) is 0 Å². The van der Waals surface area contributed by atoms with Crippen LogP contribution >= 0.6 is 0 Å². The highest BCUT2D eigenvalue weighted by molar-refractivity contribution is 5.74. The highest BCUT2D eigenvalue weighted by atomic mass is 16.5. The van der Waals surface area contributed by atoms with Crippen molar-refractivity contribution in [3.05, 3.63) is 35.8 Å². The number of rotatable bonds is 4. The molecule has 0 saturated carbocycles. The van der Waals surface area contributed by atoms with Gasteiger partial charge in [0.2, 0.25) is 0 Å². The molecule has 0 radical (unpaired) electrons. The summed E-state index contributed by atoms with van der Waals surface area (Å²) in [5, 5.41) is 11.0. The third-order valence-electron chi connectivity index (χ3n) is 4.16. The first-order valence-corrected chi connectivity index (χ1v) is 8.19. The summed E-state index contributed by atoms with van der Waals surface area (Å²) in [6.45, 7) is 8.05. The molecule has 3 heterocycles. The van der Waals surface area contributed by atoms with E-state index in [4.69, 9.17) is 9.15 Å². The Hall–Kier alpha value is -2.35. The highest BCUT2D eigenvalue weighted by Gasteiger charge is 2.29. The number of hydrogen-bond donors (Lipinski definition) is 1. The minimum atomic E-state index is -0.256. The lowest BCUT2D eigenvalue weighted by Gasteiger charge is -2.33. The van der Waals surface area contributed by atoms with Crippen LogP contribution in [0.2, 0.25) is 0 Å². The van der Waals surface area contributed by atoms with E-state index in [0.29, 0.717) is 19.7 Å². The number of furan rings is 1. The number of carbonyl (C=O) groups is 1. The van der Waals surface area contributed by atoms with Gasteiger partial charge in [0, 0.05) is 13.1 Å². The smallest absolute Gasteiger partial charge is 0.318 e. The van der Waals surface area contributed by atoms with Crippen molar-refractivity contribution >= 4 is 6.03 Å². The molecule has 3 rings (SSSR count). The number of carbonyl (C=O) groups excluding carboxylic acids is 1. The van der Waals surface area contributed by atoms with Crippen LogP contribution in [0.1, 0.15) is 43.3 Å². The van der Waals surface area contributed by atoms with E-state index >= 15 is 0 Å². The molecule has 0 aromatic carbocycles. The maximum absolute atomic E-state index is 12.5. The predicted octanol–water partition coefficient (Wildman–Crippen LogP) is 2.04. The zero-order valence-corrected chi connectivity index (χ0v) is 14.2. The van der Waals surface area contributed by atoms with Gasteiger partial charge >= 0.3 is 6.03 Å². The van der Waals surface area contributed by atoms with Crippen LogP contribution in [0.15, 0.2) is 22.9 Å². The molecule has 0 spiro atoms. The molecule has 2 amide bonds. The molecule has 130 valence electrons. The Balaban J connectivity index is 1.63. The summed E-state index contributed by atoms with van der Waals surface area (Å²) in [5.41, 5.74) is 0. The highest BCUT2D eigenvalue weighted by Crippen LogP contribution is 2.21. The quantitative estimate of drug-likeness (QED) is 0.925. The van der Waals surface area contributed by atoms with Crippen LogP contribution in [0.25, 0.3) is 0 Å². The van der Waals surface area contributed by atoms with Gasteiger partial charge in [-0.05, 0) is 32.9 Å². The second kappa shape index (κ2) is 7.04. The van der Waals surface area contributed by atoms with E-state index < -0.39 is 0 Å². The van der Waals surface area contributed by atoms with E-state index in [1.165, 1.54) is 0 Å². The molecule has 0 bridgehead atoms. The Labute approximate surface area is 140 Å². The fraction of sp³-hybridized carbons (Fsp3) is 0.562. The number of aryl methyl sites for hydroxylation is 2. The molecule has 1 saturated heterocycles. The summed E-state index contributed by atoms with van der Waals surface area (Å²) in [6.07, 6.45) is 1.42. The maximum Gasteiger partial charge on any atom is 0.318 e. The summed E-state index contributed by atoms with van der Waals surface area (Å²) < 4.78 is 13.3. The van der Waals surface area contributed by atoms with Crippen molar-refractivity contribution in [2.75, 3.05) is 19.7 Å².